The molecule has 0 spiro atoms. The van der Waals surface area contributed by atoms with Gasteiger partial charge in [0.25, 0.3) is 0 Å². The number of aromatic nitrogens is 3. The molecular formula is C42H25N3. The van der Waals surface area contributed by atoms with Crippen molar-refractivity contribution < 1.29 is 0 Å². The van der Waals surface area contributed by atoms with Crippen LogP contribution in [0.1, 0.15) is 0 Å². The zero-order chi connectivity index (χ0) is 29.5. The van der Waals surface area contributed by atoms with Crippen LogP contribution in [0, 0.1) is 0 Å². The van der Waals surface area contributed by atoms with Crippen molar-refractivity contribution in [3.05, 3.63) is 152 Å². The van der Waals surface area contributed by atoms with Crippen LogP contribution in [0.5, 0.6) is 0 Å². The molecular weight excluding hydrogens is 546 g/mol. The van der Waals surface area contributed by atoms with Crippen LogP contribution >= 0.6 is 0 Å². The summed E-state index contributed by atoms with van der Waals surface area (Å²) in [5, 5.41) is 7.37. The molecule has 1 aliphatic carbocycles. The van der Waals surface area contributed by atoms with Gasteiger partial charge in [0.05, 0.1) is 16.7 Å². The van der Waals surface area contributed by atoms with Crippen LogP contribution in [0.4, 0.5) is 0 Å². The Labute approximate surface area is 259 Å². The van der Waals surface area contributed by atoms with E-state index in [9.17, 15) is 0 Å². The fourth-order valence-electron chi connectivity index (χ4n) is 7.49. The number of benzene rings is 7. The average molecular weight is 572 g/mol. The molecule has 2 heterocycles. The predicted octanol–water partition coefficient (Wildman–Crippen LogP) is 10.9. The van der Waals surface area contributed by atoms with Gasteiger partial charge in [-0.1, -0.05) is 133 Å². The van der Waals surface area contributed by atoms with Crippen molar-refractivity contribution >= 4 is 43.4 Å². The average Bonchev–Trinajstić information content (AvgIpc) is 3.45. The van der Waals surface area contributed by atoms with E-state index in [1.807, 2.05) is 12.1 Å². The van der Waals surface area contributed by atoms with Gasteiger partial charge in [-0.15, -0.1) is 0 Å². The van der Waals surface area contributed by atoms with Gasteiger partial charge >= 0.3 is 0 Å². The van der Waals surface area contributed by atoms with E-state index in [1.165, 1.54) is 60.3 Å². The van der Waals surface area contributed by atoms with Crippen LogP contribution in [0.25, 0.3) is 93.9 Å². The maximum absolute atomic E-state index is 5.26. The van der Waals surface area contributed by atoms with E-state index in [1.54, 1.807) is 0 Å². The fourth-order valence-corrected chi connectivity index (χ4v) is 7.49. The minimum atomic E-state index is 0.669. The van der Waals surface area contributed by atoms with Crippen molar-refractivity contribution in [3.8, 4) is 50.6 Å². The molecule has 2 aromatic heterocycles. The highest BCUT2D eigenvalue weighted by Gasteiger charge is 2.28. The third-order valence-electron chi connectivity index (χ3n) is 9.37. The molecule has 1 aliphatic rings. The van der Waals surface area contributed by atoms with Gasteiger partial charge < -0.3 is 0 Å². The lowest BCUT2D eigenvalue weighted by Crippen LogP contribution is -2.02. The quantitative estimate of drug-likeness (QED) is 0.193. The van der Waals surface area contributed by atoms with Crippen LogP contribution < -0.4 is 0 Å². The summed E-state index contributed by atoms with van der Waals surface area (Å²) in [4.78, 5) is 10.4. The molecule has 0 saturated carbocycles. The minimum Gasteiger partial charge on any atom is -0.285 e. The number of hydrogen-bond donors (Lipinski definition) is 0. The third-order valence-corrected chi connectivity index (χ3v) is 9.37. The van der Waals surface area contributed by atoms with Crippen LogP contribution in [-0.2, 0) is 0 Å². The van der Waals surface area contributed by atoms with Gasteiger partial charge in [0.15, 0.2) is 0 Å². The normalized spacial score (nSPS) is 12.0. The van der Waals surface area contributed by atoms with Gasteiger partial charge in [0, 0.05) is 28.1 Å². The maximum atomic E-state index is 5.26. The zero-order valence-corrected chi connectivity index (χ0v) is 24.3. The lowest BCUT2D eigenvalue weighted by Gasteiger charge is -2.18. The first-order chi connectivity index (χ1) is 22.3. The SMILES string of the molecule is c1ccc(-c2nc(-n3cc4c5c(cccc53)-c3c(c5ccccc5c5ccccc35)-c3ccccc3-4)nc3ccccc23)cc1. The van der Waals surface area contributed by atoms with Crippen LogP contribution in [-0.4, -0.2) is 14.5 Å². The van der Waals surface area contributed by atoms with E-state index < -0.39 is 0 Å². The summed E-state index contributed by atoms with van der Waals surface area (Å²) in [6.07, 6.45) is 2.25. The molecule has 0 unspecified atom stereocenters. The van der Waals surface area contributed by atoms with Gasteiger partial charge in [-0.3, -0.25) is 4.57 Å². The lowest BCUT2D eigenvalue weighted by molar-refractivity contribution is 0.985. The Hall–Kier alpha value is -6.06. The molecule has 10 rings (SSSR count). The number of nitrogens with zero attached hydrogens (tertiary/aromatic N) is 3. The summed E-state index contributed by atoms with van der Waals surface area (Å²) in [6.45, 7) is 0. The van der Waals surface area contributed by atoms with Gasteiger partial charge in [0.2, 0.25) is 5.95 Å². The highest BCUT2D eigenvalue weighted by atomic mass is 15.1. The second kappa shape index (κ2) is 9.22. The van der Waals surface area contributed by atoms with Gasteiger partial charge in [-0.05, 0) is 61.5 Å². The number of fused-ring (bicyclic) bond motifs is 11. The number of rotatable bonds is 2. The molecule has 3 heteroatoms. The molecule has 0 fully saturated rings. The molecule has 3 nitrogen and oxygen atoms in total. The smallest absolute Gasteiger partial charge is 0.235 e. The van der Waals surface area contributed by atoms with Crippen molar-refractivity contribution in [1.29, 1.82) is 0 Å². The number of hydrogen-bond acceptors (Lipinski definition) is 2. The molecule has 0 saturated heterocycles. The molecule has 45 heavy (non-hydrogen) atoms. The highest BCUT2D eigenvalue weighted by molar-refractivity contribution is 6.27. The van der Waals surface area contributed by atoms with Crippen LogP contribution in [0.2, 0.25) is 0 Å². The fraction of sp³-hybridized carbons (Fsp3) is 0. The monoisotopic (exact) mass is 571 g/mol. The first-order valence-electron chi connectivity index (χ1n) is 15.4. The molecule has 0 atom stereocenters. The van der Waals surface area contributed by atoms with E-state index in [-0.39, 0.29) is 0 Å². The highest BCUT2D eigenvalue weighted by Crippen LogP contribution is 2.53. The van der Waals surface area contributed by atoms with Crippen molar-refractivity contribution in [2.75, 3.05) is 0 Å². The van der Waals surface area contributed by atoms with Gasteiger partial charge in [0.1, 0.15) is 0 Å². The van der Waals surface area contributed by atoms with Crippen LogP contribution in [0.15, 0.2) is 152 Å². The summed E-state index contributed by atoms with van der Waals surface area (Å²) in [5.41, 5.74) is 11.5. The second-order valence-corrected chi connectivity index (χ2v) is 11.8. The largest absolute Gasteiger partial charge is 0.285 e. The van der Waals surface area contributed by atoms with E-state index >= 15 is 0 Å². The summed E-state index contributed by atoms with van der Waals surface area (Å²) in [6, 6.07) is 52.0. The Kier molecular flexibility index (Phi) is 5.00. The molecule has 0 bridgehead atoms. The summed E-state index contributed by atoms with van der Waals surface area (Å²) in [5.74, 6) is 0.669. The van der Waals surface area contributed by atoms with Crippen molar-refractivity contribution in [2.24, 2.45) is 0 Å². The number of para-hydroxylation sites is 1. The second-order valence-electron chi connectivity index (χ2n) is 11.8. The van der Waals surface area contributed by atoms with Crippen LogP contribution in [0.3, 0.4) is 0 Å². The van der Waals surface area contributed by atoms with Crippen molar-refractivity contribution in [3.63, 3.8) is 0 Å². The Balaban J connectivity index is 1.36. The Morgan fingerprint density at radius 2 is 0.978 bits per heavy atom. The molecule has 0 radical (unpaired) electrons. The van der Waals surface area contributed by atoms with E-state index in [0.717, 1.165) is 27.7 Å². The van der Waals surface area contributed by atoms with E-state index in [4.69, 9.17) is 9.97 Å². The minimum absolute atomic E-state index is 0.669. The summed E-state index contributed by atoms with van der Waals surface area (Å²) < 4.78 is 2.19. The Morgan fingerprint density at radius 3 is 1.73 bits per heavy atom. The van der Waals surface area contributed by atoms with Gasteiger partial charge in [-0.2, -0.15) is 0 Å². The molecule has 9 aromatic rings. The Bertz CT molecular complexity index is 2650. The topological polar surface area (TPSA) is 30.7 Å². The molecule has 0 N–H and O–H groups in total. The lowest BCUT2D eigenvalue weighted by atomic mass is 9.85. The molecule has 7 aromatic carbocycles. The first kappa shape index (κ1) is 24.4. The standard InChI is InChI=1S/C42H25N3/c1-2-13-26(14-3-1)41-33-21-10-11-23-36(33)43-42(44-41)45-25-35-29-17-6-9-20-32(29)39-30-18-7-4-15-27(30)28-16-5-8-19-31(28)40(39)34-22-12-24-37(45)38(34)35/h1-25H. The Morgan fingerprint density at radius 1 is 0.400 bits per heavy atom. The summed E-state index contributed by atoms with van der Waals surface area (Å²) >= 11 is 0. The van der Waals surface area contributed by atoms with Crippen molar-refractivity contribution in [1.82, 2.24) is 14.5 Å². The first-order valence-corrected chi connectivity index (χ1v) is 15.4. The molecule has 208 valence electrons. The summed E-state index contributed by atoms with van der Waals surface area (Å²) in [7, 11) is 0. The van der Waals surface area contributed by atoms with E-state index in [0.29, 0.717) is 5.95 Å². The van der Waals surface area contributed by atoms with Gasteiger partial charge in [-0.25, -0.2) is 9.97 Å². The van der Waals surface area contributed by atoms with Crippen molar-refractivity contribution in [2.45, 2.75) is 0 Å². The predicted molar refractivity (Wildman–Crippen MR) is 187 cm³/mol. The molecule has 0 aliphatic heterocycles. The zero-order valence-electron chi connectivity index (χ0n) is 24.3. The van der Waals surface area contributed by atoms with E-state index in [2.05, 4.69) is 144 Å². The third kappa shape index (κ3) is 3.41. The maximum Gasteiger partial charge on any atom is 0.235 e. The molecule has 0 amide bonds.